The second kappa shape index (κ2) is 35.9. The molecule has 0 radical (unpaired) electrons. The highest BCUT2D eigenvalue weighted by Gasteiger charge is 2.12. The standard InChI is InChI=1S/C39H72O5/c1-3-5-7-9-11-13-15-17-19-21-23-25-27-29-31-33-38(41)43-35-37(40)36-44-39(42)34-32-30-28-26-24-22-20-18-16-14-12-10-8-6-4-2/h11,13,17,19,37,40H,3-10,12,14-16,18,20-36H2,1-2H3. The van der Waals surface area contributed by atoms with Crippen molar-refractivity contribution in [3.8, 4) is 0 Å². The van der Waals surface area contributed by atoms with Crippen LogP contribution in [0.2, 0.25) is 0 Å². The summed E-state index contributed by atoms with van der Waals surface area (Å²) in [7, 11) is 0. The van der Waals surface area contributed by atoms with Gasteiger partial charge in [0.1, 0.15) is 19.3 Å². The number of aliphatic hydroxyl groups excluding tert-OH is 1. The molecule has 0 spiro atoms. The van der Waals surface area contributed by atoms with Crippen LogP contribution in [0.1, 0.15) is 194 Å². The van der Waals surface area contributed by atoms with Gasteiger partial charge in [-0.3, -0.25) is 9.59 Å². The van der Waals surface area contributed by atoms with E-state index in [1.807, 2.05) is 0 Å². The first-order chi connectivity index (χ1) is 21.6. The molecular formula is C39H72O5. The first-order valence-corrected chi connectivity index (χ1v) is 18.9. The molecule has 0 aliphatic carbocycles. The van der Waals surface area contributed by atoms with E-state index in [2.05, 4.69) is 38.2 Å². The van der Waals surface area contributed by atoms with Crippen LogP contribution in [-0.4, -0.2) is 36.4 Å². The van der Waals surface area contributed by atoms with Crippen molar-refractivity contribution in [1.29, 1.82) is 0 Å². The fourth-order valence-corrected chi connectivity index (χ4v) is 5.29. The molecule has 0 aromatic carbocycles. The van der Waals surface area contributed by atoms with Gasteiger partial charge in [-0.1, -0.05) is 160 Å². The molecule has 0 aliphatic heterocycles. The van der Waals surface area contributed by atoms with Crippen molar-refractivity contribution in [1.82, 2.24) is 0 Å². The van der Waals surface area contributed by atoms with Gasteiger partial charge < -0.3 is 14.6 Å². The Balaban J connectivity index is 3.44. The van der Waals surface area contributed by atoms with E-state index in [1.54, 1.807) is 0 Å². The Labute approximate surface area is 273 Å². The van der Waals surface area contributed by atoms with Crippen molar-refractivity contribution in [2.45, 2.75) is 200 Å². The summed E-state index contributed by atoms with van der Waals surface area (Å²) in [5.41, 5.74) is 0. The zero-order chi connectivity index (χ0) is 32.2. The number of hydrogen-bond acceptors (Lipinski definition) is 5. The smallest absolute Gasteiger partial charge is 0.305 e. The van der Waals surface area contributed by atoms with Crippen molar-refractivity contribution in [3.63, 3.8) is 0 Å². The van der Waals surface area contributed by atoms with Crippen molar-refractivity contribution >= 4 is 11.9 Å². The fraction of sp³-hybridized carbons (Fsp3) is 0.846. The quantitative estimate of drug-likeness (QED) is 0.0440. The summed E-state index contributed by atoms with van der Waals surface area (Å²) in [6, 6.07) is 0. The predicted molar refractivity (Wildman–Crippen MR) is 187 cm³/mol. The predicted octanol–water partition coefficient (Wildman–Crippen LogP) is 11.5. The molecule has 0 aromatic heterocycles. The first-order valence-electron chi connectivity index (χ1n) is 18.9. The molecular weight excluding hydrogens is 548 g/mol. The molecule has 0 saturated carbocycles. The molecule has 1 N–H and O–H groups in total. The molecule has 1 atom stereocenters. The number of unbranched alkanes of at least 4 members (excludes halogenated alkanes) is 22. The zero-order valence-electron chi connectivity index (χ0n) is 29.2. The third kappa shape index (κ3) is 34.9. The lowest BCUT2D eigenvalue weighted by Gasteiger charge is -2.12. The molecule has 0 heterocycles. The van der Waals surface area contributed by atoms with E-state index in [0.717, 1.165) is 51.4 Å². The number of esters is 2. The average Bonchev–Trinajstić information content (AvgIpc) is 3.02. The maximum Gasteiger partial charge on any atom is 0.305 e. The Hall–Kier alpha value is -1.62. The Morgan fingerprint density at radius 3 is 1.20 bits per heavy atom. The van der Waals surface area contributed by atoms with Gasteiger partial charge >= 0.3 is 11.9 Å². The third-order valence-corrected chi connectivity index (χ3v) is 8.19. The third-order valence-electron chi connectivity index (χ3n) is 8.19. The minimum Gasteiger partial charge on any atom is -0.463 e. The molecule has 0 amide bonds. The van der Waals surface area contributed by atoms with Gasteiger partial charge in [0.15, 0.2) is 0 Å². The van der Waals surface area contributed by atoms with Gasteiger partial charge in [0, 0.05) is 12.8 Å². The van der Waals surface area contributed by atoms with Crippen LogP contribution in [-0.2, 0) is 19.1 Å². The Morgan fingerprint density at radius 2 is 0.795 bits per heavy atom. The zero-order valence-corrected chi connectivity index (χ0v) is 29.2. The number of aliphatic hydroxyl groups is 1. The monoisotopic (exact) mass is 621 g/mol. The average molecular weight is 621 g/mol. The highest BCUT2D eigenvalue weighted by Crippen LogP contribution is 2.14. The van der Waals surface area contributed by atoms with Gasteiger partial charge in [-0.25, -0.2) is 0 Å². The molecule has 0 aliphatic rings. The lowest BCUT2D eigenvalue weighted by molar-refractivity contribution is -0.152. The van der Waals surface area contributed by atoms with E-state index in [0.29, 0.717) is 12.8 Å². The summed E-state index contributed by atoms with van der Waals surface area (Å²) in [4.78, 5) is 23.9. The minimum absolute atomic E-state index is 0.117. The van der Waals surface area contributed by atoms with E-state index in [-0.39, 0.29) is 25.2 Å². The Kier molecular flexibility index (Phi) is 34.5. The van der Waals surface area contributed by atoms with Gasteiger partial charge in [-0.05, 0) is 44.9 Å². The molecule has 44 heavy (non-hydrogen) atoms. The maximum absolute atomic E-state index is 11.9. The van der Waals surface area contributed by atoms with Crippen molar-refractivity contribution in [3.05, 3.63) is 24.3 Å². The van der Waals surface area contributed by atoms with Gasteiger partial charge in [-0.15, -0.1) is 0 Å². The molecule has 5 nitrogen and oxygen atoms in total. The topological polar surface area (TPSA) is 72.8 Å². The van der Waals surface area contributed by atoms with Crippen LogP contribution in [0.15, 0.2) is 24.3 Å². The number of carbonyl (C=O) groups excluding carboxylic acids is 2. The largest absolute Gasteiger partial charge is 0.463 e. The summed E-state index contributed by atoms with van der Waals surface area (Å²) < 4.78 is 10.3. The second-order valence-corrected chi connectivity index (χ2v) is 12.7. The van der Waals surface area contributed by atoms with Crippen LogP contribution >= 0.6 is 0 Å². The number of allylic oxidation sites excluding steroid dienone is 4. The van der Waals surface area contributed by atoms with E-state index in [1.165, 1.54) is 116 Å². The van der Waals surface area contributed by atoms with Crippen molar-refractivity contribution in [2.75, 3.05) is 13.2 Å². The van der Waals surface area contributed by atoms with Gasteiger partial charge in [0.2, 0.25) is 0 Å². The highest BCUT2D eigenvalue weighted by molar-refractivity contribution is 5.69. The van der Waals surface area contributed by atoms with E-state index >= 15 is 0 Å². The van der Waals surface area contributed by atoms with Crippen LogP contribution in [0, 0.1) is 0 Å². The highest BCUT2D eigenvalue weighted by atomic mass is 16.6. The molecule has 0 fully saturated rings. The SMILES string of the molecule is CCCCCC=CCC=CCCCCCCCC(=O)OCC(O)COC(=O)CCCCCCCCCCCCCCCCC. The molecule has 258 valence electrons. The van der Waals surface area contributed by atoms with Gasteiger partial charge in [0.05, 0.1) is 0 Å². The number of hydrogen-bond donors (Lipinski definition) is 1. The van der Waals surface area contributed by atoms with Crippen LogP contribution in [0.5, 0.6) is 0 Å². The van der Waals surface area contributed by atoms with E-state index in [9.17, 15) is 14.7 Å². The molecule has 0 saturated heterocycles. The van der Waals surface area contributed by atoms with Crippen LogP contribution in [0.25, 0.3) is 0 Å². The van der Waals surface area contributed by atoms with Crippen molar-refractivity contribution < 1.29 is 24.2 Å². The first kappa shape index (κ1) is 42.4. The summed E-state index contributed by atoms with van der Waals surface area (Å²) in [6.45, 7) is 4.27. The molecule has 0 rings (SSSR count). The summed E-state index contributed by atoms with van der Waals surface area (Å²) in [6.07, 6.45) is 40.8. The normalized spacial score (nSPS) is 12.3. The molecule has 1 unspecified atom stereocenters. The lowest BCUT2D eigenvalue weighted by atomic mass is 10.0. The van der Waals surface area contributed by atoms with Gasteiger partial charge in [-0.2, -0.15) is 0 Å². The minimum atomic E-state index is -0.964. The number of carbonyl (C=O) groups is 2. The summed E-state index contributed by atoms with van der Waals surface area (Å²) in [5, 5.41) is 9.99. The molecule has 0 aromatic rings. The van der Waals surface area contributed by atoms with Crippen LogP contribution in [0.4, 0.5) is 0 Å². The molecule has 5 heteroatoms. The van der Waals surface area contributed by atoms with E-state index in [4.69, 9.17) is 9.47 Å². The van der Waals surface area contributed by atoms with Crippen molar-refractivity contribution in [2.24, 2.45) is 0 Å². The Bertz CT molecular complexity index is 671. The fourth-order valence-electron chi connectivity index (χ4n) is 5.29. The lowest BCUT2D eigenvalue weighted by Crippen LogP contribution is -2.25. The summed E-state index contributed by atoms with van der Waals surface area (Å²) >= 11 is 0. The van der Waals surface area contributed by atoms with E-state index < -0.39 is 6.10 Å². The van der Waals surface area contributed by atoms with Crippen LogP contribution < -0.4 is 0 Å². The summed E-state index contributed by atoms with van der Waals surface area (Å²) in [5.74, 6) is -0.575. The Morgan fingerprint density at radius 1 is 0.477 bits per heavy atom. The maximum atomic E-state index is 11.9. The number of ether oxygens (including phenoxy) is 2. The molecule has 0 bridgehead atoms. The second-order valence-electron chi connectivity index (χ2n) is 12.7. The van der Waals surface area contributed by atoms with Gasteiger partial charge in [0.25, 0.3) is 0 Å². The number of rotatable bonds is 34. The van der Waals surface area contributed by atoms with Crippen LogP contribution in [0.3, 0.4) is 0 Å².